The fourth-order valence-corrected chi connectivity index (χ4v) is 18.1. The van der Waals surface area contributed by atoms with Crippen molar-refractivity contribution < 1.29 is 67.6 Å². The van der Waals surface area contributed by atoms with E-state index in [4.69, 9.17) is 25.3 Å². The van der Waals surface area contributed by atoms with Crippen molar-refractivity contribution in [2.75, 3.05) is 43.4 Å². The Kier molecular flexibility index (Phi) is 22.5. The molecule has 5 atom stereocenters. The number of ether oxygens (including phenoxy) is 2. The Bertz CT molecular complexity index is 4170. The number of nitrogens with one attached hydrogen (secondary N) is 4. The highest BCUT2D eigenvalue weighted by molar-refractivity contribution is 7.22. The number of aryl methyl sites for hydroxylation is 1. The van der Waals surface area contributed by atoms with E-state index in [0.717, 1.165) is 83.3 Å². The number of Topliss-reactive ketones (excluding diaryl/α,β-unsaturated/α-hetero) is 1. The third-order valence-corrected chi connectivity index (χ3v) is 21.7. The van der Waals surface area contributed by atoms with Gasteiger partial charge < -0.3 is 51.6 Å². The van der Waals surface area contributed by atoms with Gasteiger partial charge in [-0.2, -0.15) is 5.10 Å². The molecule has 4 saturated carbocycles. The molecule has 6 aliphatic rings. The fourth-order valence-electron chi connectivity index (χ4n) is 17.3. The number of primary amides is 1. The second-order valence-electron chi connectivity index (χ2n) is 29.7. The van der Waals surface area contributed by atoms with Crippen LogP contribution in [0.25, 0.3) is 32.6 Å². The number of amides is 8. The lowest BCUT2D eigenvalue weighted by Gasteiger charge is -2.69. The normalized spacial score (nSPS) is 21.5. The topological polar surface area (TPSA) is 354 Å². The fraction of sp³-hybridized carbons (Fsp3) is 0.487. The van der Waals surface area contributed by atoms with E-state index in [2.05, 4.69) is 40.1 Å². The van der Waals surface area contributed by atoms with E-state index in [1.54, 1.807) is 50.4 Å². The number of para-hydroxylation sites is 1. The number of hydrogen-bond donors (Lipinski definition) is 7. The minimum atomic E-state index is -1.18. The van der Waals surface area contributed by atoms with Crippen molar-refractivity contribution in [2.45, 2.75) is 174 Å². The number of unbranched alkanes of at least 4 members (excludes halogenated alkanes) is 2. The second kappa shape index (κ2) is 31.3. The van der Waals surface area contributed by atoms with E-state index < -0.39 is 53.4 Å². The average Bonchev–Trinajstić information content (AvgIpc) is 0.785. The standard InChI is InChI=1S/C76H91N11O14S/c1-46(2)65(83-61(89)18-7-6-10-31-86-62(90)27-28-63(86)91)59(88)36-51(14-12-30-78-70(77)98)67(94)80-52-23-19-48(20-24-52)38-100-72(99)85(32-29-64(92)93)33-34-101-76-42-73(4)39-74(5,43-76)41-75(40-73,44-76)45-87-47(3)56(37-79-87)53-25-26-57(81-66(53)69(96)97)50-22-21-49-13-11-15-54(55(49)35-50)68(95)84-71-82-58-16-8-9-17-60(58)102-71/h8-9,16-17,19-28,35,37,46,51,54,65H,6-7,10-15,18,29-34,36,38-45H2,1-5H3,(H,80,94)(H,83,89)(H,92,93)(H,96,97)(H3,77,78,98)(H,82,84,95)/t51-,54?,65+,73?,74?,75?,76?/m1/s1. The molecular weight excluding hydrogens is 1320 g/mol. The van der Waals surface area contributed by atoms with Gasteiger partial charge in [0.1, 0.15) is 6.61 Å². The molecule has 6 aromatic rings. The van der Waals surface area contributed by atoms with E-state index >= 15 is 0 Å². The number of nitrogens with two attached hydrogens (primary N) is 1. The number of carbonyl (C=O) groups excluding carboxylic acids is 8. The van der Waals surface area contributed by atoms with Crippen LogP contribution in [0.5, 0.6) is 0 Å². The second-order valence-corrected chi connectivity index (χ2v) is 30.7. The molecule has 102 heavy (non-hydrogen) atoms. The first kappa shape index (κ1) is 73.5. The van der Waals surface area contributed by atoms with E-state index in [1.807, 2.05) is 60.1 Å². The van der Waals surface area contributed by atoms with Crippen LogP contribution in [0.2, 0.25) is 0 Å². The van der Waals surface area contributed by atoms with Crippen LogP contribution < -0.4 is 27.0 Å². The summed E-state index contributed by atoms with van der Waals surface area (Å²) in [5.74, 6) is -5.87. The molecule has 4 fully saturated rings. The molecule has 26 heteroatoms. The molecule has 5 aliphatic carbocycles. The molecule has 3 unspecified atom stereocenters. The van der Waals surface area contributed by atoms with Gasteiger partial charge in [0, 0.05) is 91.7 Å². The van der Waals surface area contributed by atoms with Gasteiger partial charge in [0.15, 0.2) is 16.6 Å². The molecule has 25 nitrogen and oxygen atoms in total. The molecule has 0 spiro atoms. The Balaban J connectivity index is 0.696. The van der Waals surface area contributed by atoms with E-state index in [1.165, 1.54) is 28.4 Å². The summed E-state index contributed by atoms with van der Waals surface area (Å²) in [4.78, 5) is 141. The van der Waals surface area contributed by atoms with E-state index in [0.29, 0.717) is 77.4 Å². The molecule has 0 radical (unpaired) electrons. The first-order chi connectivity index (χ1) is 48.7. The molecule has 3 aromatic heterocycles. The Morgan fingerprint density at radius 3 is 2.26 bits per heavy atom. The monoisotopic (exact) mass is 1410 g/mol. The lowest BCUT2D eigenvalue weighted by Crippen LogP contribution is -2.64. The first-order valence-corrected chi connectivity index (χ1v) is 36.1. The van der Waals surface area contributed by atoms with Gasteiger partial charge in [0.2, 0.25) is 17.7 Å². The number of thiazole rings is 1. The van der Waals surface area contributed by atoms with E-state index in [9.17, 15) is 58.2 Å². The number of pyridine rings is 1. The summed E-state index contributed by atoms with van der Waals surface area (Å²) in [6.45, 7) is 11.1. The van der Waals surface area contributed by atoms with E-state index in [-0.39, 0.29) is 122 Å². The van der Waals surface area contributed by atoms with Crippen LogP contribution in [0.4, 0.5) is 20.4 Å². The van der Waals surface area contributed by atoms with Crippen LogP contribution in [-0.4, -0.2) is 144 Å². The van der Waals surface area contributed by atoms with Gasteiger partial charge in [-0.05, 0) is 172 Å². The largest absolute Gasteiger partial charge is 0.481 e. The zero-order valence-corrected chi connectivity index (χ0v) is 59.3. The number of urea groups is 1. The molecule has 540 valence electrons. The highest BCUT2D eigenvalue weighted by Crippen LogP contribution is 2.72. The van der Waals surface area contributed by atoms with Crippen molar-refractivity contribution in [3.63, 3.8) is 0 Å². The third kappa shape index (κ3) is 17.6. The maximum Gasteiger partial charge on any atom is 0.410 e. The first-order valence-electron chi connectivity index (χ1n) is 35.3. The minimum absolute atomic E-state index is 0.0647. The smallest absolute Gasteiger partial charge is 0.410 e. The third-order valence-electron chi connectivity index (χ3n) is 20.8. The van der Waals surface area contributed by atoms with Crippen LogP contribution >= 0.6 is 11.3 Å². The highest BCUT2D eigenvalue weighted by Gasteiger charge is 2.66. The van der Waals surface area contributed by atoms with Gasteiger partial charge in [-0.3, -0.25) is 43.1 Å². The lowest BCUT2D eigenvalue weighted by molar-refractivity contribution is -0.248. The number of carboxylic acids is 2. The van der Waals surface area contributed by atoms with Gasteiger partial charge in [-0.15, -0.1) is 0 Å². The summed E-state index contributed by atoms with van der Waals surface area (Å²) in [7, 11) is 0. The number of anilines is 2. The number of aliphatic carboxylic acids is 1. The average molecular weight is 1410 g/mol. The zero-order valence-electron chi connectivity index (χ0n) is 58.5. The number of ketones is 1. The Hall–Kier alpha value is -9.69. The number of rotatable bonds is 33. The number of aromatic nitrogens is 4. The Morgan fingerprint density at radius 1 is 0.814 bits per heavy atom. The highest BCUT2D eigenvalue weighted by atomic mass is 32.1. The van der Waals surface area contributed by atoms with Crippen LogP contribution in [0.1, 0.15) is 169 Å². The van der Waals surface area contributed by atoms with Crippen LogP contribution in [-0.2, 0) is 62.6 Å². The summed E-state index contributed by atoms with van der Waals surface area (Å²) in [5.41, 5.74) is 11.0. The van der Waals surface area contributed by atoms with Crippen LogP contribution in [0, 0.1) is 35.0 Å². The van der Waals surface area contributed by atoms with Crippen molar-refractivity contribution in [2.24, 2.45) is 33.8 Å². The maximum atomic E-state index is 13.9. The summed E-state index contributed by atoms with van der Waals surface area (Å²) in [5, 5.41) is 37.3. The number of aromatic carboxylic acids is 1. The summed E-state index contributed by atoms with van der Waals surface area (Å²) in [6, 6.07) is 22.3. The van der Waals surface area contributed by atoms with Gasteiger partial charge >= 0.3 is 24.1 Å². The number of carboxylic acid groups (broad SMARTS) is 2. The molecule has 3 aromatic carbocycles. The molecule has 8 amide bonds. The Morgan fingerprint density at radius 2 is 1.56 bits per heavy atom. The molecule has 4 bridgehead atoms. The predicted molar refractivity (Wildman–Crippen MR) is 382 cm³/mol. The number of fused-ring (bicyclic) bond motifs is 2. The SMILES string of the molecule is Cc1c(-c2ccc(-c3ccc4c(c3)C(C(=O)Nc3nc5ccccc5s3)CCC4)nc2C(=O)O)cnn1CC12CC3(C)CC(C)(C1)CC(OCCN(CCC(=O)O)C(=O)OCc1ccc(NC(=O)[C@H](CCCNC(N)=O)CC(=O)[C@@H](NC(=O)CCCCCN4C(=O)C=CC4=O)C(C)C)cc1)(C3)C2. The molecule has 4 heterocycles. The van der Waals surface area contributed by atoms with Gasteiger partial charge in [-0.25, -0.2) is 24.4 Å². The van der Waals surface area contributed by atoms with Gasteiger partial charge in [0.05, 0.1) is 52.7 Å². The quantitative estimate of drug-likeness (QED) is 0.0149. The van der Waals surface area contributed by atoms with Crippen LogP contribution in [0.3, 0.4) is 0 Å². The molecular formula is C76H91N11O14S. The maximum absolute atomic E-state index is 13.9. The van der Waals surface area contributed by atoms with Crippen LogP contribution in [0.15, 0.2) is 97.2 Å². The van der Waals surface area contributed by atoms with Crippen molar-refractivity contribution in [1.29, 1.82) is 0 Å². The number of imide groups is 1. The number of carbonyl (C=O) groups is 10. The molecule has 8 N–H and O–H groups in total. The zero-order chi connectivity index (χ0) is 72.7. The number of nitrogens with zero attached hydrogens (tertiary/aromatic N) is 6. The summed E-state index contributed by atoms with van der Waals surface area (Å²) >= 11 is 1.43. The van der Waals surface area contributed by atoms with Gasteiger partial charge in [0.25, 0.3) is 11.8 Å². The minimum Gasteiger partial charge on any atom is -0.481 e. The van der Waals surface area contributed by atoms with Gasteiger partial charge in [-0.1, -0.05) is 81.9 Å². The van der Waals surface area contributed by atoms with Crippen molar-refractivity contribution in [1.82, 2.24) is 40.2 Å². The van der Waals surface area contributed by atoms with Crippen molar-refractivity contribution >= 4 is 91.8 Å². The summed E-state index contributed by atoms with van der Waals surface area (Å²) in [6.07, 6.45) is 12.7. The molecule has 0 saturated heterocycles. The summed E-state index contributed by atoms with van der Waals surface area (Å²) < 4.78 is 15.8. The Labute approximate surface area is 596 Å². The number of benzene rings is 3. The molecule has 1 aliphatic heterocycles. The number of hydrogen-bond acceptors (Lipinski definition) is 16. The van der Waals surface area contributed by atoms with Crippen molar-refractivity contribution in [3.8, 4) is 22.4 Å². The lowest BCUT2D eigenvalue weighted by atomic mass is 9.39. The van der Waals surface area contributed by atoms with Crippen molar-refractivity contribution in [3.05, 3.63) is 125 Å². The molecule has 12 rings (SSSR count). The predicted octanol–water partition coefficient (Wildman–Crippen LogP) is 11.1.